The molecule has 1 fully saturated rings. The number of hydrogen-bond acceptors (Lipinski definition) is 5. The van der Waals surface area contributed by atoms with Gasteiger partial charge in [-0.2, -0.15) is 0 Å². The van der Waals surface area contributed by atoms with Crippen molar-refractivity contribution in [3.8, 4) is 0 Å². The third kappa shape index (κ3) is 4.33. The van der Waals surface area contributed by atoms with Crippen molar-refractivity contribution in [1.82, 2.24) is 15.2 Å². The molecule has 0 bridgehead atoms. The van der Waals surface area contributed by atoms with Gasteiger partial charge in [-0.1, -0.05) is 12.1 Å². The summed E-state index contributed by atoms with van der Waals surface area (Å²) in [6.07, 6.45) is 2.73. The standard InChI is InChI=1S/C18H24N4OS/c1-15(18(23)20-9-7-16-5-4-14-24-16)21-10-12-22(13-11-21)17-6-2-3-8-19-17/h2-6,8,14-15H,7,9-13H2,1H3,(H,20,23)/t15-/m0/s1. The minimum absolute atomic E-state index is 0.0841. The van der Waals surface area contributed by atoms with Gasteiger partial charge in [-0.15, -0.1) is 11.3 Å². The molecule has 6 heteroatoms. The summed E-state index contributed by atoms with van der Waals surface area (Å²) >= 11 is 1.74. The minimum Gasteiger partial charge on any atom is -0.354 e. The molecule has 5 nitrogen and oxygen atoms in total. The number of rotatable bonds is 6. The number of thiophene rings is 1. The molecule has 3 heterocycles. The zero-order chi connectivity index (χ0) is 16.8. The third-order valence-corrected chi connectivity index (χ3v) is 5.40. The largest absolute Gasteiger partial charge is 0.354 e. The summed E-state index contributed by atoms with van der Waals surface area (Å²) in [5, 5.41) is 5.13. The minimum atomic E-state index is -0.0841. The maximum absolute atomic E-state index is 12.3. The zero-order valence-corrected chi connectivity index (χ0v) is 14.8. The van der Waals surface area contributed by atoms with Crippen molar-refractivity contribution in [2.75, 3.05) is 37.6 Å². The number of nitrogens with zero attached hydrogens (tertiary/aromatic N) is 3. The Labute approximate surface area is 147 Å². The van der Waals surface area contributed by atoms with E-state index in [0.717, 1.165) is 38.4 Å². The molecule has 24 heavy (non-hydrogen) atoms. The molecule has 1 N–H and O–H groups in total. The molecule has 1 amide bonds. The first-order valence-electron chi connectivity index (χ1n) is 8.44. The smallest absolute Gasteiger partial charge is 0.237 e. The van der Waals surface area contributed by atoms with Crippen LogP contribution in [0, 0.1) is 0 Å². The van der Waals surface area contributed by atoms with Crippen LogP contribution < -0.4 is 10.2 Å². The summed E-state index contributed by atoms with van der Waals surface area (Å²) in [5.41, 5.74) is 0. The molecular weight excluding hydrogens is 320 g/mol. The highest BCUT2D eigenvalue weighted by atomic mass is 32.1. The Bertz CT molecular complexity index is 624. The molecule has 2 aromatic heterocycles. The Morgan fingerprint density at radius 1 is 1.25 bits per heavy atom. The van der Waals surface area contributed by atoms with Gasteiger partial charge in [-0.3, -0.25) is 9.69 Å². The van der Waals surface area contributed by atoms with Crippen LogP contribution in [0.5, 0.6) is 0 Å². The molecule has 2 aromatic rings. The molecule has 128 valence electrons. The topological polar surface area (TPSA) is 48.5 Å². The summed E-state index contributed by atoms with van der Waals surface area (Å²) in [5.74, 6) is 1.14. The molecule has 1 aliphatic rings. The quantitative estimate of drug-likeness (QED) is 0.871. The van der Waals surface area contributed by atoms with E-state index in [4.69, 9.17) is 0 Å². The summed E-state index contributed by atoms with van der Waals surface area (Å²) in [4.78, 5) is 22.6. The molecule has 0 radical (unpaired) electrons. The highest BCUT2D eigenvalue weighted by molar-refractivity contribution is 7.09. The Morgan fingerprint density at radius 3 is 2.75 bits per heavy atom. The molecular formula is C18H24N4OS. The molecule has 3 rings (SSSR count). The van der Waals surface area contributed by atoms with Gasteiger partial charge < -0.3 is 10.2 Å². The van der Waals surface area contributed by atoms with E-state index in [1.165, 1.54) is 4.88 Å². The number of carbonyl (C=O) groups excluding carboxylic acids is 1. The second kappa shape index (κ2) is 8.26. The normalized spacial score (nSPS) is 16.8. The number of aromatic nitrogens is 1. The third-order valence-electron chi connectivity index (χ3n) is 4.47. The Kier molecular flexibility index (Phi) is 5.82. The van der Waals surface area contributed by atoms with Crippen LogP contribution in [-0.4, -0.2) is 54.6 Å². The fourth-order valence-corrected chi connectivity index (χ4v) is 3.67. The number of amides is 1. The van der Waals surface area contributed by atoms with Crippen molar-refractivity contribution in [3.63, 3.8) is 0 Å². The summed E-state index contributed by atoms with van der Waals surface area (Å²) < 4.78 is 0. The molecule has 1 saturated heterocycles. The van der Waals surface area contributed by atoms with Crippen molar-refractivity contribution in [2.45, 2.75) is 19.4 Å². The van der Waals surface area contributed by atoms with E-state index in [1.54, 1.807) is 11.3 Å². The van der Waals surface area contributed by atoms with Crippen molar-refractivity contribution in [3.05, 3.63) is 46.8 Å². The van der Waals surface area contributed by atoms with E-state index in [-0.39, 0.29) is 11.9 Å². The summed E-state index contributed by atoms with van der Waals surface area (Å²) in [6, 6.07) is 10.1. The van der Waals surface area contributed by atoms with Gasteiger partial charge in [0.25, 0.3) is 0 Å². The van der Waals surface area contributed by atoms with E-state index in [1.807, 2.05) is 37.4 Å². The highest BCUT2D eigenvalue weighted by Crippen LogP contribution is 2.14. The van der Waals surface area contributed by atoms with Crippen LogP contribution in [0.1, 0.15) is 11.8 Å². The summed E-state index contributed by atoms with van der Waals surface area (Å²) in [6.45, 7) is 6.29. The Morgan fingerprint density at radius 2 is 2.08 bits per heavy atom. The number of anilines is 1. The number of pyridine rings is 1. The molecule has 0 spiro atoms. The maximum Gasteiger partial charge on any atom is 0.237 e. The number of carbonyl (C=O) groups is 1. The number of piperazine rings is 1. The van der Waals surface area contributed by atoms with Crippen LogP contribution in [0.2, 0.25) is 0 Å². The average Bonchev–Trinajstić information content (AvgIpc) is 3.15. The maximum atomic E-state index is 12.3. The zero-order valence-electron chi connectivity index (χ0n) is 14.0. The first-order valence-corrected chi connectivity index (χ1v) is 9.32. The van der Waals surface area contributed by atoms with E-state index in [0.29, 0.717) is 6.54 Å². The lowest BCUT2D eigenvalue weighted by molar-refractivity contribution is -0.125. The van der Waals surface area contributed by atoms with Crippen molar-refractivity contribution < 1.29 is 4.79 Å². The van der Waals surface area contributed by atoms with E-state index >= 15 is 0 Å². The van der Waals surface area contributed by atoms with E-state index in [2.05, 4.69) is 31.5 Å². The van der Waals surface area contributed by atoms with Crippen LogP contribution in [0.15, 0.2) is 41.9 Å². The SMILES string of the molecule is C[C@@H](C(=O)NCCc1cccs1)N1CCN(c2ccccn2)CC1. The number of nitrogens with one attached hydrogen (secondary N) is 1. The fourth-order valence-electron chi connectivity index (χ4n) is 2.96. The van der Waals surface area contributed by atoms with Gasteiger partial charge in [-0.25, -0.2) is 4.98 Å². The summed E-state index contributed by atoms with van der Waals surface area (Å²) in [7, 11) is 0. The van der Waals surface area contributed by atoms with Crippen LogP contribution in [0.25, 0.3) is 0 Å². The van der Waals surface area contributed by atoms with Gasteiger partial charge in [0.2, 0.25) is 5.91 Å². The monoisotopic (exact) mass is 344 g/mol. The predicted octanol–water partition coefficient (Wildman–Crippen LogP) is 2.01. The fraction of sp³-hybridized carbons (Fsp3) is 0.444. The average molecular weight is 344 g/mol. The lowest BCUT2D eigenvalue weighted by Gasteiger charge is -2.37. The second-order valence-electron chi connectivity index (χ2n) is 6.01. The van der Waals surface area contributed by atoms with Crippen LogP contribution in [0.3, 0.4) is 0 Å². The van der Waals surface area contributed by atoms with Gasteiger partial charge in [-0.05, 0) is 36.9 Å². The second-order valence-corrected chi connectivity index (χ2v) is 7.04. The molecule has 0 aromatic carbocycles. The molecule has 0 unspecified atom stereocenters. The molecule has 1 aliphatic heterocycles. The highest BCUT2D eigenvalue weighted by Gasteiger charge is 2.25. The van der Waals surface area contributed by atoms with Crippen molar-refractivity contribution in [1.29, 1.82) is 0 Å². The van der Waals surface area contributed by atoms with E-state index in [9.17, 15) is 4.79 Å². The van der Waals surface area contributed by atoms with Crippen LogP contribution in [0.4, 0.5) is 5.82 Å². The first kappa shape index (κ1) is 16.9. The predicted molar refractivity (Wildman–Crippen MR) is 98.5 cm³/mol. The lowest BCUT2D eigenvalue weighted by Crippen LogP contribution is -2.54. The van der Waals surface area contributed by atoms with E-state index < -0.39 is 0 Å². The van der Waals surface area contributed by atoms with Crippen molar-refractivity contribution >= 4 is 23.1 Å². The van der Waals surface area contributed by atoms with Gasteiger partial charge in [0.15, 0.2) is 0 Å². The molecule has 0 saturated carbocycles. The molecule has 1 atom stereocenters. The first-order chi connectivity index (χ1) is 11.7. The molecule has 0 aliphatic carbocycles. The van der Waals surface area contributed by atoms with Gasteiger partial charge >= 0.3 is 0 Å². The van der Waals surface area contributed by atoms with Crippen LogP contribution in [-0.2, 0) is 11.2 Å². The van der Waals surface area contributed by atoms with Crippen LogP contribution >= 0.6 is 11.3 Å². The van der Waals surface area contributed by atoms with Gasteiger partial charge in [0.05, 0.1) is 6.04 Å². The van der Waals surface area contributed by atoms with Crippen molar-refractivity contribution in [2.24, 2.45) is 0 Å². The number of hydrogen-bond donors (Lipinski definition) is 1. The Hall–Kier alpha value is -1.92. The van der Waals surface area contributed by atoms with Gasteiger partial charge in [0.1, 0.15) is 5.82 Å². The van der Waals surface area contributed by atoms with Gasteiger partial charge in [0, 0.05) is 43.8 Å². The lowest BCUT2D eigenvalue weighted by atomic mass is 10.2. The Balaban J connectivity index is 1.42.